The zero-order valence-corrected chi connectivity index (χ0v) is 9.03. The van der Waals surface area contributed by atoms with Crippen LogP contribution in [-0.2, 0) is 4.79 Å². The number of anilines is 1. The third-order valence-electron chi connectivity index (χ3n) is 2.99. The van der Waals surface area contributed by atoms with Crippen LogP contribution in [0, 0.1) is 0 Å². The van der Waals surface area contributed by atoms with Gasteiger partial charge in [-0.1, -0.05) is 24.3 Å². The fourth-order valence-electron chi connectivity index (χ4n) is 2.19. The van der Waals surface area contributed by atoms with Gasteiger partial charge in [0.15, 0.2) is 0 Å². The normalized spacial score (nSPS) is 22.6. The lowest BCUT2D eigenvalue weighted by atomic mass is 10.1. The van der Waals surface area contributed by atoms with E-state index in [0.29, 0.717) is 0 Å². The van der Waals surface area contributed by atoms with E-state index in [4.69, 9.17) is 0 Å². The minimum Gasteiger partial charge on any atom is -0.370 e. The molecule has 3 heteroatoms. The lowest BCUT2D eigenvalue weighted by Crippen LogP contribution is -2.15. The molecular weight excluding hydrogens is 200 g/mol. The van der Waals surface area contributed by atoms with E-state index in [9.17, 15) is 4.79 Å². The van der Waals surface area contributed by atoms with Gasteiger partial charge < -0.3 is 10.2 Å². The molecule has 0 unspecified atom stereocenters. The summed E-state index contributed by atoms with van der Waals surface area (Å²) < 4.78 is 0. The van der Waals surface area contributed by atoms with Crippen molar-refractivity contribution in [2.45, 2.75) is 0 Å². The van der Waals surface area contributed by atoms with Crippen LogP contribution >= 0.6 is 0 Å². The van der Waals surface area contributed by atoms with Crippen LogP contribution in [0.3, 0.4) is 0 Å². The van der Waals surface area contributed by atoms with Gasteiger partial charge in [0.1, 0.15) is 0 Å². The van der Waals surface area contributed by atoms with Gasteiger partial charge in [-0.15, -0.1) is 0 Å². The van der Waals surface area contributed by atoms with Crippen LogP contribution in [0.2, 0.25) is 0 Å². The van der Waals surface area contributed by atoms with Gasteiger partial charge in [-0.3, -0.25) is 4.79 Å². The maximum Gasteiger partial charge on any atom is 0.258 e. The second kappa shape index (κ2) is 3.23. The van der Waals surface area contributed by atoms with Crippen molar-refractivity contribution in [2.24, 2.45) is 0 Å². The highest BCUT2D eigenvalue weighted by Gasteiger charge is 2.28. The summed E-state index contributed by atoms with van der Waals surface area (Å²) >= 11 is 0. The number of rotatable bonds is 0. The molecule has 2 heterocycles. The lowest BCUT2D eigenvalue weighted by Gasteiger charge is -2.14. The molecule has 2 aliphatic rings. The Kier molecular flexibility index (Phi) is 1.86. The number of nitrogens with zero attached hydrogens (tertiary/aromatic N) is 1. The predicted octanol–water partition coefficient (Wildman–Crippen LogP) is 1.85. The Bertz CT molecular complexity index is 528. The molecule has 1 aromatic carbocycles. The Morgan fingerprint density at radius 3 is 2.88 bits per heavy atom. The van der Waals surface area contributed by atoms with E-state index < -0.39 is 0 Å². The molecule has 0 saturated heterocycles. The van der Waals surface area contributed by atoms with Gasteiger partial charge in [0.2, 0.25) is 0 Å². The van der Waals surface area contributed by atoms with Crippen molar-refractivity contribution < 1.29 is 4.79 Å². The molecule has 0 fully saturated rings. The monoisotopic (exact) mass is 212 g/mol. The van der Waals surface area contributed by atoms with E-state index in [-0.39, 0.29) is 5.91 Å². The number of benzene rings is 1. The Hall–Kier alpha value is -2.03. The second-order valence-electron chi connectivity index (χ2n) is 4.04. The molecule has 0 aromatic heterocycles. The molecule has 2 aliphatic heterocycles. The van der Waals surface area contributed by atoms with E-state index in [0.717, 1.165) is 29.1 Å². The number of allylic oxidation sites excluding steroid dienone is 1. The highest BCUT2D eigenvalue weighted by molar-refractivity contribution is 6.32. The average Bonchev–Trinajstić information content (AvgIpc) is 2.81. The summed E-state index contributed by atoms with van der Waals surface area (Å²) in [6.45, 7) is 0.869. The minimum atomic E-state index is -0.00500. The van der Waals surface area contributed by atoms with Crippen molar-refractivity contribution in [3.63, 3.8) is 0 Å². The van der Waals surface area contributed by atoms with Crippen molar-refractivity contribution in [1.29, 1.82) is 0 Å². The topological polar surface area (TPSA) is 32.3 Å². The maximum atomic E-state index is 11.9. The largest absolute Gasteiger partial charge is 0.370 e. The summed E-state index contributed by atoms with van der Waals surface area (Å²) in [4.78, 5) is 14.0. The standard InChI is InChI=1S/C13H12N2O/c1-15-8-4-7-11(15)12-9-5-2-3-6-10(9)14-13(12)16/h2-7H,8H2,1H3,(H,14,16). The molecule has 0 bridgehead atoms. The Morgan fingerprint density at radius 2 is 2.12 bits per heavy atom. The van der Waals surface area contributed by atoms with E-state index >= 15 is 0 Å². The van der Waals surface area contributed by atoms with E-state index in [2.05, 4.69) is 16.3 Å². The molecule has 16 heavy (non-hydrogen) atoms. The summed E-state index contributed by atoms with van der Waals surface area (Å²) in [6, 6.07) is 7.80. The first-order chi connectivity index (χ1) is 7.77. The number of carbonyl (C=O) groups is 1. The fourth-order valence-corrected chi connectivity index (χ4v) is 2.19. The summed E-state index contributed by atoms with van der Waals surface area (Å²) in [6.07, 6.45) is 4.08. The van der Waals surface area contributed by atoms with Gasteiger partial charge in [-0.25, -0.2) is 0 Å². The average molecular weight is 212 g/mol. The first kappa shape index (κ1) is 9.21. The number of para-hydroxylation sites is 1. The summed E-state index contributed by atoms with van der Waals surface area (Å²) in [7, 11) is 2.00. The number of hydrogen-bond donors (Lipinski definition) is 1. The molecule has 1 N–H and O–H groups in total. The van der Waals surface area contributed by atoms with E-state index in [1.165, 1.54) is 0 Å². The van der Waals surface area contributed by atoms with Crippen LogP contribution in [-0.4, -0.2) is 24.4 Å². The number of fused-ring (bicyclic) bond motifs is 1. The van der Waals surface area contributed by atoms with Crippen LogP contribution in [0.15, 0.2) is 42.1 Å². The summed E-state index contributed by atoms with van der Waals surface area (Å²) in [5, 5.41) is 2.89. The van der Waals surface area contributed by atoms with E-state index in [1.807, 2.05) is 37.4 Å². The van der Waals surface area contributed by atoms with Gasteiger partial charge in [-0.2, -0.15) is 0 Å². The number of nitrogens with one attached hydrogen (secondary N) is 1. The van der Waals surface area contributed by atoms with Crippen molar-refractivity contribution in [1.82, 2.24) is 4.90 Å². The quantitative estimate of drug-likeness (QED) is 0.666. The van der Waals surface area contributed by atoms with Gasteiger partial charge in [0.25, 0.3) is 5.91 Å². The number of hydrogen-bond acceptors (Lipinski definition) is 2. The second-order valence-corrected chi connectivity index (χ2v) is 4.04. The Morgan fingerprint density at radius 1 is 1.31 bits per heavy atom. The van der Waals surface area contributed by atoms with Gasteiger partial charge in [0, 0.05) is 30.5 Å². The highest BCUT2D eigenvalue weighted by Crippen LogP contribution is 2.35. The SMILES string of the molecule is CN1CC=CC1=C1C(=O)Nc2ccccc21. The van der Waals surface area contributed by atoms with Crippen molar-refractivity contribution in [3.8, 4) is 0 Å². The molecule has 0 spiro atoms. The third kappa shape index (κ3) is 1.18. The zero-order chi connectivity index (χ0) is 11.1. The van der Waals surface area contributed by atoms with Gasteiger partial charge in [0.05, 0.1) is 5.57 Å². The molecule has 0 saturated carbocycles. The van der Waals surface area contributed by atoms with Crippen LogP contribution in [0.4, 0.5) is 5.69 Å². The molecule has 0 aliphatic carbocycles. The first-order valence-corrected chi connectivity index (χ1v) is 5.30. The summed E-state index contributed by atoms with van der Waals surface area (Å²) in [5.41, 5.74) is 3.69. The molecule has 0 atom stereocenters. The number of carbonyl (C=O) groups excluding carboxylic acids is 1. The van der Waals surface area contributed by atoms with Gasteiger partial charge >= 0.3 is 0 Å². The van der Waals surface area contributed by atoms with Crippen molar-refractivity contribution in [2.75, 3.05) is 18.9 Å². The molecule has 0 radical (unpaired) electrons. The highest BCUT2D eigenvalue weighted by atomic mass is 16.2. The fraction of sp³-hybridized carbons (Fsp3) is 0.154. The lowest BCUT2D eigenvalue weighted by molar-refractivity contribution is -0.110. The Balaban J connectivity index is 2.22. The van der Waals surface area contributed by atoms with E-state index in [1.54, 1.807) is 0 Å². The first-order valence-electron chi connectivity index (χ1n) is 5.30. The molecule has 3 nitrogen and oxygen atoms in total. The minimum absolute atomic E-state index is 0.00500. The van der Waals surface area contributed by atoms with Crippen molar-refractivity contribution >= 4 is 17.2 Å². The molecule has 3 rings (SSSR count). The third-order valence-corrected chi connectivity index (χ3v) is 2.99. The van der Waals surface area contributed by atoms with Crippen molar-refractivity contribution in [3.05, 3.63) is 47.7 Å². The predicted molar refractivity (Wildman–Crippen MR) is 63.8 cm³/mol. The van der Waals surface area contributed by atoms with Crippen LogP contribution < -0.4 is 5.32 Å². The maximum absolute atomic E-state index is 11.9. The van der Waals surface area contributed by atoms with Gasteiger partial charge in [-0.05, 0) is 12.1 Å². The molecule has 80 valence electrons. The van der Waals surface area contributed by atoms with Crippen LogP contribution in [0.5, 0.6) is 0 Å². The summed E-state index contributed by atoms with van der Waals surface area (Å²) in [5.74, 6) is -0.00500. The van der Waals surface area contributed by atoms with Crippen LogP contribution in [0.25, 0.3) is 5.57 Å². The smallest absolute Gasteiger partial charge is 0.258 e. The molecule has 1 amide bonds. The number of likely N-dealkylation sites (N-methyl/N-ethyl adjacent to an activating group) is 1. The zero-order valence-electron chi connectivity index (χ0n) is 9.03. The number of amides is 1. The van der Waals surface area contributed by atoms with Crippen LogP contribution in [0.1, 0.15) is 5.56 Å². The Labute approximate surface area is 94.1 Å². The molecule has 1 aromatic rings. The molecular formula is C13H12N2O.